The minimum Gasteiger partial charge on any atom is -0.490 e. The molecular weight excluding hydrogens is 278 g/mol. The lowest BCUT2D eigenvalue weighted by Crippen LogP contribution is -2.39. The zero-order valence-corrected chi connectivity index (χ0v) is 13.6. The highest BCUT2D eigenvalue weighted by atomic mass is 16.5. The highest BCUT2D eigenvalue weighted by Crippen LogP contribution is 2.36. The summed E-state index contributed by atoms with van der Waals surface area (Å²) in [6.07, 6.45) is 1.06. The smallest absolute Gasteiger partial charge is 0.161 e. The topological polar surface area (TPSA) is 46.1 Å². The van der Waals surface area contributed by atoms with Crippen LogP contribution in [0.4, 0.5) is 0 Å². The van der Waals surface area contributed by atoms with Crippen LogP contribution < -0.4 is 14.9 Å². The fourth-order valence-electron chi connectivity index (χ4n) is 3.27. The summed E-state index contributed by atoms with van der Waals surface area (Å²) in [6.45, 7) is 7.40. The lowest BCUT2D eigenvalue weighted by molar-refractivity contribution is 0.270. The van der Waals surface area contributed by atoms with E-state index in [4.69, 9.17) is 9.47 Å². The summed E-state index contributed by atoms with van der Waals surface area (Å²) in [5, 5.41) is 4.55. The van der Waals surface area contributed by atoms with E-state index in [1.165, 1.54) is 11.3 Å². The molecule has 0 aromatic heterocycles. The van der Waals surface area contributed by atoms with Gasteiger partial charge in [0.2, 0.25) is 0 Å². The molecule has 0 radical (unpaired) electrons. The summed E-state index contributed by atoms with van der Waals surface area (Å²) < 4.78 is 11.4. The maximum absolute atomic E-state index is 5.75. The van der Waals surface area contributed by atoms with E-state index in [0.717, 1.165) is 31.0 Å². The van der Waals surface area contributed by atoms with Crippen molar-refractivity contribution in [3.8, 4) is 11.5 Å². The molecule has 5 nitrogen and oxygen atoms in total. The third kappa shape index (κ3) is 2.90. The van der Waals surface area contributed by atoms with Gasteiger partial charge in [-0.05, 0) is 38.6 Å². The lowest BCUT2D eigenvalue weighted by Gasteiger charge is -2.31. The second kappa shape index (κ2) is 6.57. The average molecular weight is 303 g/mol. The van der Waals surface area contributed by atoms with Crippen LogP contribution in [-0.4, -0.2) is 44.0 Å². The molecule has 0 saturated carbocycles. The van der Waals surface area contributed by atoms with E-state index in [0.29, 0.717) is 19.1 Å². The van der Waals surface area contributed by atoms with E-state index < -0.39 is 0 Å². The largest absolute Gasteiger partial charge is 0.490 e. The van der Waals surface area contributed by atoms with E-state index in [9.17, 15) is 0 Å². The van der Waals surface area contributed by atoms with E-state index in [1.807, 2.05) is 19.9 Å². The van der Waals surface area contributed by atoms with Crippen LogP contribution in [0.1, 0.15) is 31.9 Å². The molecule has 1 fully saturated rings. The molecule has 1 aromatic carbocycles. The van der Waals surface area contributed by atoms with Crippen molar-refractivity contribution in [1.82, 2.24) is 10.3 Å². The summed E-state index contributed by atoms with van der Waals surface area (Å²) in [4.78, 5) is 2.38. The average Bonchev–Trinajstić information content (AvgIpc) is 2.92. The van der Waals surface area contributed by atoms with Gasteiger partial charge in [-0.25, -0.2) is 0 Å². The van der Waals surface area contributed by atoms with Gasteiger partial charge in [-0.1, -0.05) is 6.07 Å². The van der Waals surface area contributed by atoms with Crippen molar-refractivity contribution in [2.75, 3.05) is 33.4 Å². The van der Waals surface area contributed by atoms with Gasteiger partial charge >= 0.3 is 0 Å². The Morgan fingerprint density at radius 2 is 2.00 bits per heavy atom. The van der Waals surface area contributed by atoms with Crippen LogP contribution in [-0.2, 0) is 0 Å². The van der Waals surface area contributed by atoms with Crippen LogP contribution in [0.25, 0.3) is 0 Å². The van der Waals surface area contributed by atoms with Gasteiger partial charge in [-0.3, -0.25) is 0 Å². The fourth-order valence-corrected chi connectivity index (χ4v) is 3.27. The summed E-state index contributed by atoms with van der Waals surface area (Å²) in [6, 6.07) is 6.46. The van der Waals surface area contributed by atoms with Gasteiger partial charge in [0.25, 0.3) is 0 Å². The summed E-state index contributed by atoms with van der Waals surface area (Å²) in [5.74, 6) is 2.08. The molecule has 0 amide bonds. The quantitative estimate of drug-likeness (QED) is 0.907. The molecule has 2 aliphatic rings. The third-order valence-electron chi connectivity index (χ3n) is 4.36. The number of piperidine rings is 1. The molecule has 2 unspecified atom stereocenters. The number of hydrazone groups is 1. The zero-order valence-electron chi connectivity index (χ0n) is 13.6. The van der Waals surface area contributed by atoms with Crippen molar-refractivity contribution in [2.24, 2.45) is 11.0 Å². The van der Waals surface area contributed by atoms with E-state index in [2.05, 4.69) is 34.6 Å². The van der Waals surface area contributed by atoms with Crippen LogP contribution in [0, 0.1) is 5.92 Å². The molecular formula is C17H25N3O2. The number of benzene rings is 1. The first kappa shape index (κ1) is 15.2. The summed E-state index contributed by atoms with van der Waals surface area (Å²) in [5.41, 5.74) is 5.84. The maximum atomic E-state index is 5.75. The Balaban J connectivity index is 1.84. The molecule has 1 N–H and O–H groups in total. The number of likely N-dealkylation sites (tertiary alicyclic amines) is 1. The second-order valence-electron chi connectivity index (χ2n) is 5.90. The molecule has 1 saturated heterocycles. The normalized spacial score (nSPS) is 24.4. The summed E-state index contributed by atoms with van der Waals surface area (Å²) >= 11 is 0. The van der Waals surface area contributed by atoms with E-state index >= 15 is 0 Å². The van der Waals surface area contributed by atoms with Crippen LogP contribution in [0.3, 0.4) is 0 Å². The molecule has 0 aliphatic carbocycles. The van der Waals surface area contributed by atoms with Crippen molar-refractivity contribution in [2.45, 2.75) is 26.3 Å². The first-order chi connectivity index (χ1) is 10.7. The third-order valence-corrected chi connectivity index (χ3v) is 4.36. The van der Waals surface area contributed by atoms with Gasteiger partial charge < -0.3 is 19.8 Å². The van der Waals surface area contributed by atoms with Crippen molar-refractivity contribution < 1.29 is 9.47 Å². The minimum atomic E-state index is 0.229. The molecule has 2 heterocycles. The SMILES string of the molecule is CCOc1ccc(C2NN=C3CCN(C)CC32)cc1OCC. The first-order valence-corrected chi connectivity index (χ1v) is 8.13. The molecule has 22 heavy (non-hydrogen) atoms. The van der Waals surface area contributed by atoms with Gasteiger partial charge in [0.15, 0.2) is 11.5 Å². The number of fused-ring (bicyclic) bond motifs is 1. The zero-order chi connectivity index (χ0) is 15.5. The molecule has 2 atom stereocenters. The van der Waals surface area contributed by atoms with Crippen molar-refractivity contribution >= 4 is 5.71 Å². The van der Waals surface area contributed by atoms with Crippen LogP contribution >= 0.6 is 0 Å². The van der Waals surface area contributed by atoms with Gasteiger partial charge in [0, 0.05) is 31.1 Å². The first-order valence-electron chi connectivity index (χ1n) is 8.13. The molecule has 120 valence electrons. The van der Waals surface area contributed by atoms with Gasteiger partial charge in [0.1, 0.15) is 0 Å². The number of nitrogens with one attached hydrogen (secondary N) is 1. The van der Waals surface area contributed by atoms with Crippen LogP contribution in [0.2, 0.25) is 0 Å². The Kier molecular flexibility index (Phi) is 4.52. The lowest BCUT2D eigenvalue weighted by atomic mass is 9.86. The Hall–Kier alpha value is -1.75. The molecule has 0 bridgehead atoms. The van der Waals surface area contributed by atoms with Crippen molar-refractivity contribution in [3.05, 3.63) is 23.8 Å². The van der Waals surface area contributed by atoms with Crippen LogP contribution in [0.5, 0.6) is 11.5 Å². The van der Waals surface area contributed by atoms with Crippen molar-refractivity contribution in [1.29, 1.82) is 0 Å². The standard InChI is InChI=1S/C17H25N3O2/c1-4-21-15-7-6-12(10-16(15)22-5-2)17-13-11-20(3)9-8-14(13)18-19-17/h6-7,10,13,17,19H,4-5,8-9,11H2,1-3H3. The maximum Gasteiger partial charge on any atom is 0.161 e. The van der Waals surface area contributed by atoms with Gasteiger partial charge in [-0.2, -0.15) is 5.10 Å². The van der Waals surface area contributed by atoms with E-state index in [1.54, 1.807) is 0 Å². The Bertz CT molecular complexity index is 559. The highest BCUT2D eigenvalue weighted by molar-refractivity contribution is 5.89. The predicted molar refractivity (Wildman–Crippen MR) is 87.7 cm³/mol. The number of nitrogens with zero attached hydrogens (tertiary/aromatic N) is 2. The monoisotopic (exact) mass is 303 g/mol. The minimum absolute atomic E-state index is 0.229. The Morgan fingerprint density at radius 1 is 1.23 bits per heavy atom. The number of hydrogen-bond acceptors (Lipinski definition) is 5. The number of rotatable bonds is 5. The predicted octanol–water partition coefficient (Wildman–Crippen LogP) is 2.44. The fraction of sp³-hybridized carbons (Fsp3) is 0.588. The van der Waals surface area contributed by atoms with Crippen molar-refractivity contribution in [3.63, 3.8) is 0 Å². The Morgan fingerprint density at radius 3 is 2.77 bits per heavy atom. The highest BCUT2D eigenvalue weighted by Gasteiger charge is 2.36. The molecule has 5 heteroatoms. The number of ether oxygens (including phenoxy) is 2. The number of hydrogen-bond donors (Lipinski definition) is 1. The van der Waals surface area contributed by atoms with Gasteiger partial charge in [-0.15, -0.1) is 0 Å². The van der Waals surface area contributed by atoms with Crippen LogP contribution in [0.15, 0.2) is 23.3 Å². The Labute approximate surface area is 132 Å². The van der Waals surface area contributed by atoms with Gasteiger partial charge in [0.05, 0.1) is 19.3 Å². The molecule has 2 aliphatic heterocycles. The summed E-state index contributed by atoms with van der Waals surface area (Å²) in [7, 11) is 2.18. The molecule has 3 rings (SSSR count). The van der Waals surface area contributed by atoms with E-state index in [-0.39, 0.29) is 6.04 Å². The second-order valence-corrected chi connectivity index (χ2v) is 5.90. The molecule has 0 spiro atoms. The molecule has 1 aromatic rings.